The standard InChI is InChI=1S/C31H24BrFN2O2S/c32-26-15-16-28(37-21-24-13-7-8-14-27(24)33)25(17-26)18-29-30(36)35(20-23-11-5-2-6-12-23)31(38-29)34-19-22-9-3-1-4-10-22/h1-18H,19-21H2/b29-18+,34-31?. The van der Waals surface area contributed by atoms with Crippen LogP contribution in [0, 0.1) is 5.82 Å². The molecule has 0 aromatic heterocycles. The Morgan fingerprint density at radius 3 is 2.32 bits per heavy atom. The molecule has 5 rings (SSSR count). The summed E-state index contributed by atoms with van der Waals surface area (Å²) < 4.78 is 21.0. The van der Waals surface area contributed by atoms with Crippen molar-refractivity contribution < 1.29 is 13.9 Å². The Morgan fingerprint density at radius 1 is 0.895 bits per heavy atom. The number of amidine groups is 1. The first-order chi connectivity index (χ1) is 18.6. The monoisotopic (exact) mass is 586 g/mol. The van der Waals surface area contributed by atoms with Crippen LogP contribution < -0.4 is 4.74 Å². The number of thioether (sulfide) groups is 1. The van der Waals surface area contributed by atoms with Gasteiger partial charge in [-0.15, -0.1) is 0 Å². The summed E-state index contributed by atoms with van der Waals surface area (Å²) >= 11 is 4.86. The Kier molecular flexibility index (Phi) is 8.36. The maximum Gasteiger partial charge on any atom is 0.267 e. The summed E-state index contributed by atoms with van der Waals surface area (Å²) in [5.74, 6) is 0.120. The van der Waals surface area contributed by atoms with Gasteiger partial charge in [0.15, 0.2) is 5.17 Å². The highest BCUT2D eigenvalue weighted by Crippen LogP contribution is 2.36. The Morgan fingerprint density at radius 2 is 1.58 bits per heavy atom. The van der Waals surface area contributed by atoms with Gasteiger partial charge in [-0.1, -0.05) is 94.8 Å². The quantitative estimate of drug-likeness (QED) is 0.197. The van der Waals surface area contributed by atoms with Crippen LogP contribution in [0.15, 0.2) is 117 Å². The summed E-state index contributed by atoms with van der Waals surface area (Å²) in [6.45, 7) is 0.977. The highest BCUT2D eigenvalue weighted by atomic mass is 79.9. The van der Waals surface area contributed by atoms with Gasteiger partial charge in [-0.3, -0.25) is 14.7 Å². The Bertz CT molecular complexity index is 1490. The number of carbonyl (C=O) groups excluding carboxylic acids is 1. The van der Waals surface area contributed by atoms with Gasteiger partial charge >= 0.3 is 0 Å². The number of ether oxygens (including phenoxy) is 1. The zero-order valence-electron chi connectivity index (χ0n) is 20.4. The molecule has 0 radical (unpaired) electrons. The number of hydrogen-bond donors (Lipinski definition) is 0. The van der Waals surface area contributed by atoms with Crippen LogP contribution in [-0.2, 0) is 24.5 Å². The largest absolute Gasteiger partial charge is 0.488 e. The lowest BCUT2D eigenvalue weighted by Gasteiger charge is -2.15. The second-order valence-electron chi connectivity index (χ2n) is 8.63. The van der Waals surface area contributed by atoms with E-state index in [0.29, 0.717) is 34.5 Å². The van der Waals surface area contributed by atoms with Crippen LogP contribution in [-0.4, -0.2) is 16.0 Å². The van der Waals surface area contributed by atoms with Crippen molar-refractivity contribution in [2.24, 2.45) is 4.99 Å². The van der Waals surface area contributed by atoms with Crippen molar-refractivity contribution in [2.45, 2.75) is 19.7 Å². The highest BCUT2D eigenvalue weighted by molar-refractivity contribution is 9.10. The number of halogens is 2. The summed E-state index contributed by atoms with van der Waals surface area (Å²) in [6.07, 6.45) is 1.82. The molecular formula is C31H24BrFN2O2S. The first kappa shape index (κ1) is 25.9. The smallest absolute Gasteiger partial charge is 0.267 e. The zero-order valence-corrected chi connectivity index (χ0v) is 22.8. The maximum absolute atomic E-state index is 14.1. The van der Waals surface area contributed by atoms with Crippen LogP contribution in [0.2, 0.25) is 0 Å². The molecule has 0 spiro atoms. The van der Waals surface area contributed by atoms with E-state index in [-0.39, 0.29) is 18.3 Å². The molecule has 1 heterocycles. The van der Waals surface area contributed by atoms with Crippen LogP contribution in [0.4, 0.5) is 4.39 Å². The van der Waals surface area contributed by atoms with E-state index in [0.717, 1.165) is 21.2 Å². The molecule has 0 aliphatic carbocycles. The van der Waals surface area contributed by atoms with Crippen molar-refractivity contribution in [3.8, 4) is 5.75 Å². The molecule has 1 amide bonds. The minimum absolute atomic E-state index is 0.0789. The number of rotatable bonds is 8. The van der Waals surface area contributed by atoms with E-state index in [9.17, 15) is 9.18 Å². The van der Waals surface area contributed by atoms with Crippen molar-refractivity contribution >= 4 is 44.8 Å². The number of amides is 1. The second kappa shape index (κ2) is 12.2. The van der Waals surface area contributed by atoms with Crippen LogP contribution in [0.5, 0.6) is 5.75 Å². The Balaban J connectivity index is 1.44. The first-order valence-electron chi connectivity index (χ1n) is 12.1. The third-order valence-corrected chi connectivity index (χ3v) is 7.45. The summed E-state index contributed by atoms with van der Waals surface area (Å²) in [5.41, 5.74) is 3.27. The molecular weight excluding hydrogens is 563 g/mol. The molecule has 0 N–H and O–H groups in total. The topological polar surface area (TPSA) is 41.9 Å². The van der Waals surface area contributed by atoms with E-state index in [1.807, 2.05) is 84.9 Å². The molecule has 1 saturated heterocycles. The normalized spacial score (nSPS) is 15.4. The lowest BCUT2D eigenvalue weighted by Crippen LogP contribution is -2.28. The minimum atomic E-state index is -0.318. The molecule has 1 aliphatic heterocycles. The SMILES string of the molecule is O=C1/C(=C\c2cc(Br)ccc2OCc2ccccc2F)SC(=NCc2ccccc2)N1Cc1ccccc1. The third kappa shape index (κ3) is 6.41. The summed E-state index contributed by atoms with van der Waals surface area (Å²) in [4.78, 5) is 20.7. The van der Waals surface area contributed by atoms with Gasteiger partial charge in [-0.25, -0.2) is 4.39 Å². The average Bonchev–Trinajstić information content (AvgIpc) is 3.22. The van der Waals surface area contributed by atoms with Gasteiger partial charge in [-0.2, -0.15) is 0 Å². The van der Waals surface area contributed by atoms with E-state index >= 15 is 0 Å². The fourth-order valence-corrected chi connectivity index (χ4v) is 5.29. The minimum Gasteiger partial charge on any atom is -0.488 e. The Hall–Kier alpha value is -3.68. The number of nitrogens with zero attached hydrogens (tertiary/aromatic N) is 2. The fourth-order valence-electron chi connectivity index (χ4n) is 3.95. The lowest BCUT2D eigenvalue weighted by molar-refractivity contribution is -0.122. The van der Waals surface area contributed by atoms with Crippen molar-refractivity contribution in [1.82, 2.24) is 4.90 Å². The van der Waals surface area contributed by atoms with Gasteiger partial charge in [-0.05, 0) is 53.2 Å². The van der Waals surface area contributed by atoms with E-state index in [1.165, 1.54) is 17.8 Å². The zero-order chi connectivity index (χ0) is 26.3. The number of carbonyl (C=O) groups is 1. The van der Waals surface area contributed by atoms with Gasteiger partial charge in [0, 0.05) is 15.6 Å². The van der Waals surface area contributed by atoms with Gasteiger partial charge in [0.1, 0.15) is 18.2 Å². The van der Waals surface area contributed by atoms with Crippen molar-refractivity contribution in [2.75, 3.05) is 0 Å². The van der Waals surface area contributed by atoms with Gasteiger partial charge in [0.2, 0.25) is 0 Å². The average molecular weight is 588 g/mol. The Labute approximate surface area is 234 Å². The third-order valence-electron chi connectivity index (χ3n) is 5.91. The number of benzene rings is 4. The number of hydrogen-bond acceptors (Lipinski definition) is 4. The predicted octanol–water partition coefficient (Wildman–Crippen LogP) is 7.84. The maximum atomic E-state index is 14.1. The highest BCUT2D eigenvalue weighted by Gasteiger charge is 2.33. The van der Waals surface area contributed by atoms with Crippen molar-refractivity contribution in [3.05, 3.63) is 141 Å². The molecule has 0 atom stereocenters. The summed E-state index contributed by atoms with van der Waals surface area (Å²) in [6, 6.07) is 31.9. The molecule has 0 bridgehead atoms. The molecule has 1 fully saturated rings. The molecule has 190 valence electrons. The van der Waals surface area contributed by atoms with Gasteiger partial charge < -0.3 is 4.74 Å². The van der Waals surface area contributed by atoms with Crippen LogP contribution in [0.3, 0.4) is 0 Å². The molecule has 7 heteroatoms. The van der Waals surface area contributed by atoms with E-state index in [2.05, 4.69) is 15.9 Å². The lowest BCUT2D eigenvalue weighted by atomic mass is 10.1. The van der Waals surface area contributed by atoms with Crippen LogP contribution in [0.1, 0.15) is 22.3 Å². The van der Waals surface area contributed by atoms with Crippen LogP contribution in [0.25, 0.3) is 6.08 Å². The van der Waals surface area contributed by atoms with Crippen molar-refractivity contribution in [3.63, 3.8) is 0 Å². The number of aliphatic imine (C=N–C) groups is 1. The van der Waals surface area contributed by atoms with Crippen molar-refractivity contribution in [1.29, 1.82) is 0 Å². The molecule has 4 aromatic rings. The predicted molar refractivity (Wildman–Crippen MR) is 155 cm³/mol. The van der Waals surface area contributed by atoms with Gasteiger partial charge in [0.25, 0.3) is 5.91 Å². The van der Waals surface area contributed by atoms with E-state index in [4.69, 9.17) is 9.73 Å². The summed E-state index contributed by atoms with van der Waals surface area (Å²) in [5, 5.41) is 0.651. The summed E-state index contributed by atoms with van der Waals surface area (Å²) in [7, 11) is 0. The molecule has 0 unspecified atom stereocenters. The van der Waals surface area contributed by atoms with E-state index in [1.54, 1.807) is 23.1 Å². The van der Waals surface area contributed by atoms with E-state index < -0.39 is 0 Å². The van der Waals surface area contributed by atoms with Gasteiger partial charge in [0.05, 0.1) is 18.0 Å². The molecule has 38 heavy (non-hydrogen) atoms. The first-order valence-corrected chi connectivity index (χ1v) is 13.7. The molecule has 4 aromatic carbocycles. The fraction of sp³-hybridized carbons (Fsp3) is 0.0968. The second-order valence-corrected chi connectivity index (χ2v) is 10.6. The molecule has 4 nitrogen and oxygen atoms in total. The molecule has 1 aliphatic rings. The van der Waals surface area contributed by atoms with Crippen LogP contribution >= 0.6 is 27.7 Å². The molecule has 0 saturated carbocycles.